The van der Waals surface area contributed by atoms with E-state index in [0.717, 1.165) is 24.5 Å². The lowest BCUT2D eigenvalue weighted by Gasteiger charge is -2.22. The molecular weight excluding hydrogens is 229 g/mol. The van der Waals surface area contributed by atoms with Gasteiger partial charge >= 0.3 is 0 Å². The second-order valence-corrected chi connectivity index (χ2v) is 4.26. The van der Waals surface area contributed by atoms with Crippen LogP contribution in [0.25, 0.3) is 0 Å². The SMILES string of the molecule is CN(C)CCN(C)c1ncc(F)cc1CCl. The first-order valence-electron chi connectivity index (χ1n) is 5.11. The fraction of sp³-hybridized carbons (Fsp3) is 0.545. The minimum absolute atomic E-state index is 0.270. The van der Waals surface area contributed by atoms with Crippen molar-refractivity contribution in [2.75, 3.05) is 39.1 Å². The van der Waals surface area contributed by atoms with Crippen LogP contribution in [0.5, 0.6) is 0 Å². The monoisotopic (exact) mass is 245 g/mol. The molecule has 0 unspecified atom stereocenters. The smallest absolute Gasteiger partial charge is 0.141 e. The number of aromatic nitrogens is 1. The molecule has 0 fully saturated rings. The van der Waals surface area contributed by atoms with Crippen LogP contribution in [0.4, 0.5) is 10.2 Å². The number of pyridine rings is 1. The second-order valence-electron chi connectivity index (χ2n) is 3.99. The quantitative estimate of drug-likeness (QED) is 0.740. The number of anilines is 1. The van der Waals surface area contributed by atoms with E-state index in [-0.39, 0.29) is 11.7 Å². The van der Waals surface area contributed by atoms with Crippen molar-refractivity contribution in [1.82, 2.24) is 9.88 Å². The molecule has 0 aliphatic heterocycles. The van der Waals surface area contributed by atoms with Crippen LogP contribution >= 0.6 is 11.6 Å². The number of likely N-dealkylation sites (N-methyl/N-ethyl adjacent to an activating group) is 2. The van der Waals surface area contributed by atoms with Crippen molar-refractivity contribution in [1.29, 1.82) is 0 Å². The molecule has 0 N–H and O–H groups in total. The summed E-state index contributed by atoms with van der Waals surface area (Å²) in [4.78, 5) is 8.14. The van der Waals surface area contributed by atoms with Crippen LogP contribution in [-0.2, 0) is 5.88 Å². The number of halogens is 2. The van der Waals surface area contributed by atoms with E-state index in [4.69, 9.17) is 11.6 Å². The number of hydrogen-bond acceptors (Lipinski definition) is 3. The van der Waals surface area contributed by atoms with Gasteiger partial charge in [-0.05, 0) is 20.2 Å². The highest BCUT2D eigenvalue weighted by Gasteiger charge is 2.09. The molecule has 1 heterocycles. The molecule has 1 rings (SSSR count). The standard InChI is InChI=1S/C11H17ClFN3/c1-15(2)4-5-16(3)11-9(7-12)6-10(13)8-14-11/h6,8H,4-5,7H2,1-3H3. The summed E-state index contributed by atoms with van der Waals surface area (Å²) in [6, 6.07) is 1.43. The molecule has 0 aliphatic rings. The van der Waals surface area contributed by atoms with Gasteiger partial charge in [0.05, 0.1) is 12.1 Å². The Morgan fingerprint density at radius 3 is 2.56 bits per heavy atom. The maximum absolute atomic E-state index is 13.0. The Bertz CT molecular complexity index is 344. The molecule has 0 atom stereocenters. The van der Waals surface area contributed by atoms with E-state index in [9.17, 15) is 4.39 Å². The Morgan fingerprint density at radius 2 is 2.00 bits per heavy atom. The van der Waals surface area contributed by atoms with Crippen LogP contribution in [0.2, 0.25) is 0 Å². The van der Waals surface area contributed by atoms with Gasteiger partial charge < -0.3 is 9.80 Å². The Balaban J connectivity index is 2.77. The molecule has 90 valence electrons. The van der Waals surface area contributed by atoms with Gasteiger partial charge in [-0.3, -0.25) is 0 Å². The summed E-state index contributed by atoms with van der Waals surface area (Å²) < 4.78 is 13.0. The van der Waals surface area contributed by atoms with E-state index in [2.05, 4.69) is 9.88 Å². The van der Waals surface area contributed by atoms with Crippen molar-refractivity contribution < 1.29 is 4.39 Å². The second kappa shape index (κ2) is 6.01. The molecule has 1 aromatic rings. The third-order valence-corrected chi connectivity index (χ3v) is 2.59. The fourth-order valence-corrected chi connectivity index (χ4v) is 1.57. The number of rotatable bonds is 5. The van der Waals surface area contributed by atoms with E-state index in [0.29, 0.717) is 0 Å². The van der Waals surface area contributed by atoms with Crippen molar-refractivity contribution >= 4 is 17.4 Å². The minimum Gasteiger partial charge on any atom is -0.358 e. The zero-order chi connectivity index (χ0) is 12.1. The molecule has 0 saturated carbocycles. The fourth-order valence-electron chi connectivity index (χ4n) is 1.37. The van der Waals surface area contributed by atoms with Crippen molar-refractivity contribution in [3.8, 4) is 0 Å². The molecule has 0 radical (unpaired) electrons. The Hall–Kier alpha value is -0.870. The highest BCUT2D eigenvalue weighted by Crippen LogP contribution is 2.18. The van der Waals surface area contributed by atoms with Crippen LogP contribution < -0.4 is 4.90 Å². The average Bonchev–Trinajstić information content (AvgIpc) is 2.25. The van der Waals surface area contributed by atoms with Crippen molar-refractivity contribution in [2.45, 2.75) is 5.88 Å². The van der Waals surface area contributed by atoms with Gasteiger partial charge in [0.1, 0.15) is 11.6 Å². The van der Waals surface area contributed by atoms with Crippen LogP contribution in [0, 0.1) is 5.82 Å². The third kappa shape index (κ3) is 3.61. The molecule has 16 heavy (non-hydrogen) atoms. The predicted molar refractivity (Wildman–Crippen MR) is 65.6 cm³/mol. The van der Waals surface area contributed by atoms with Gasteiger partial charge in [0.15, 0.2) is 0 Å². The predicted octanol–water partition coefficient (Wildman–Crippen LogP) is 1.96. The lowest BCUT2D eigenvalue weighted by atomic mass is 10.2. The lowest BCUT2D eigenvalue weighted by molar-refractivity contribution is 0.416. The molecule has 5 heteroatoms. The Morgan fingerprint density at radius 1 is 1.31 bits per heavy atom. The number of nitrogens with zero attached hydrogens (tertiary/aromatic N) is 3. The molecule has 1 aromatic heterocycles. The van der Waals surface area contributed by atoms with Gasteiger partial charge in [-0.15, -0.1) is 11.6 Å². The molecule has 0 spiro atoms. The topological polar surface area (TPSA) is 19.4 Å². The molecule has 0 aromatic carbocycles. The Kier molecular flexibility index (Phi) is 4.96. The van der Waals surface area contributed by atoms with Crippen molar-refractivity contribution in [3.05, 3.63) is 23.6 Å². The van der Waals surface area contributed by atoms with E-state index >= 15 is 0 Å². The largest absolute Gasteiger partial charge is 0.358 e. The molecule has 3 nitrogen and oxygen atoms in total. The van der Waals surface area contributed by atoms with Crippen LogP contribution in [0.15, 0.2) is 12.3 Å². The summed E-state index contributed by atoms with van der Waals surface area (Å²) in [6.07, 6.45) is 1.22. The molecule has 0 saturated heterocycles. The maximum atomic E-state index is 13.0. The average molecular weight is 246 g/mol. The first-order chi connectivity index (χ1) is 7.54. The van der Waals surface area contributed by atoms with Gasteiger partial charge in [0, 0.05) is 25.7 Å². The first-order valence-corrected chi connectivity index (χ1v) is 5.64. The van der Waals surface area contributed by atoms with Crippen LogP contribution in [-0.4, -0.2) is 44.1 Å². The normalized spacial score (nSPS) is 10.9. The number of alkyl halides is 1. The summed E-state index contributed by atoms with van der Waals surface area (Å²) in [5, 5.41) is 0. The Labute approximate surface area is 101 Å². The highest BCUT2D eigenvalue weighted by molar-refractivity contribution is 6.17. The van der Waals surface area contributed by atoms with Crippen LogP contribution in [0.3, 0.4) is 0 Å². The van der Waals surface area contributed by atoms with E-state index in [1.165, 1.54) is 12.3 Å². The van der Waals surface area contributed by atoms with Gasteiger partial charge in [0.2, 0.25) is 0 Å². The summed E-state index contributed by atoms with van der Waals surface area (Å²) in [7, 11) is 5.95. The van der Waals surface area contributed by atoms with Crippen molar-refractivity contribution in [2.24, 2.45) is 0 Å². The molecule has 0 amide bonds. The zero-order valence-electron chi connectivity index (χ0n) is 9.87. The third-order valence-electron chi connectivity index (χ3n) is 2.30. The van der Waals surface area contributed by atoms with E-state index in [1.807, 2.05) is 26.0 Å². The maximum Gasteiger partial charge on any atom is 0.141 e. The summed E-state index contributed by atoms with van der Waals surface area (Å²) >= 11 is 5.77. The lowest BCUT2D eigenvalue weighted by Crippen LogP contribution is -2.29. The number of hydrogen-bond donors (Lipinski definition) is 0. The highest BCUT2D eigenvalue weighted by atomic mass is 35.5. The van der Waals surface area contributed by atoms with Crippen LogP contribution in [0.1, 0.15) is 5.56 Å². The molecule has 0 aliphatic carbocycles. The summed E-state index contributed by atoms with van der Waals surface area (Å²) in [6.45, 7) is 1.74. The van der Waals surface area contributed by atoms with Gasteiger partial charge in [-0.2, -0.15) is 0 Å². The summed E-state index contributed by atoms with van der Waals surface area (Å²) in [5.41, 5.74) is 0.725. The van der Waals surface area contributed by atoms with E-state index in [1.54, 1.807) is 0 Å². The zero-order valence-corrected chi connectivity index (χ0v) is 10.6. The minimum atomic E-state index is -0.347. The summed E-state index contributed by atoms with van der Waals surface area (Å²) in [5.74, 6) is 0.672. The van der Waals surface area contributed by atoms with Gasteiger partial charge in [0.25, 0.3) is 0 Å². The van der Waals surface area contributed by atoms with Crippen molar-refractivity contribution in [3.63, 3.8) is 0 Å². The first kappa shape index (κ1) is 13.2. The van der Waals surface area contributed by atoms with Gasteiger partial charge in [-0.1, -0.05) is 0 Å². The molecular formula is C11H17ClFN3. The van der Waals surface area contributed by atoms with Gasteiger partial charge in [-0.25, -0.2) is 9.37 Å². The van der Waals surface area contributed by atoms with E-state index < -0.39 is 0 Å². The molecule has 0 bridgehead atoms.